The molecular weight excluding hydrogens is 631 g/mol. The van der Waals surface area contributed by atoms with Crippen molar-refractivity contribution < 1.29 is 35.5 Å². The molecule has 0 saturated carbocycles. The maximum Gasteiger partial charge on any atom is 0.419 e. The number of nitrogen functional groups attached to an aromatic ring is 1. The Hall–Kier alpha value is -4.16. The van der Waals surface area contributed by atoms with Gasteiger partial charge in [-0.1, -0.05) is 13.8 Å². The zero-order chi connectivity index (χ0) is 33.8. The lowest BCUT2D eigenvalue weighted by Gasteiger charge is -2.41. The van der Waals surface area contributed by atoms with Gasteiger partial charge in [0.1, 0.15) is 41.2 Å². The molecule has 6 rings (SSSR count). The summed E-state index contributed by atoms with van der Waals surface area (Å²) in [5, 5.41) is 13.0. The van der Waals surface area contributed by atoms with Gasteiger partial charge < -0.3 is 25.6 Å². The van der Waals surface area contributed by atoms with Gasteiger partial charge in [-0.05, 0) is 43.5 Å². The Labute approximate surface area is 266 Å². The molecule has 3 aliphatic rings. The Morgan fingerprint density at radius 1 is 1.13 bits per heavy atom. The number of nitrogens with one attached hydrogen (secondary N) is 1. The number of fused-ring (bicyclic) bond motifs is 3. The third-order valence-electron chi connectivity index (χ3n) is 9.46. The van der Waals surface area contributed by atoms with Crippen LogP contribution in [-0.4, -0.2) is 66.3 Å². The highest BCUT2D eigenvalue weighted by molar-refractivity contribution is 5.95. The largest absolute Gasteiger partial charge is 0.462 e. The standard InChI is InChI=1S/C32H32F7N7O/c1-3-45-7-6-16(10-33)31(2,14-45)15-47-30-43-28-19(29(44-30)46-12-17-4-5-18(13-46)42-17)8-21(34)25(27(28)36)24-20(11-40)23(41)9-22(35)26(24)32(37,38)39/h8-10,17-18,42H,3-7,12-15,41H2,1-2H3/b16-10+/t17-,18+,31-/m0/s1. The molecule has 1 aromatic heterocycles. The van der Waals surface area contributed by atoms with Crippen LogP contribution in [0.5, 0.6) is 6.01 Å². The van der Waals surface area contributed by atoms with Crippen LogP contribution in [0.2, 0.25) is 0 Å². The number of piperazine rings is 1. The summed E-state index contributed by atoms with van der Waals surface area (Å²) in [4.78, 5) is 12.6. The van der Waals surface area contributed by atoms with Crippen molar-refractivity contribution in [3.05, 3.63) is 52.6 Å². The number of ether oxygens (including phenoxy) is 1. The number of nitriles is 1. The lowest BCUT2D eigenvalue weighted by Crippen LogP contribution is -2.51. The lowest BCUT2D eigenvalue weighted by atomic mass is 9.78. The second-order valence-electron chi connectivity index (χ2n) is 12.6. The van der Waals surface area contributed by atoms with Crippen LogP contribution in [0, 0.1) is 34.2 Å². The third-order valence-corrected chi connectivity index (χ3v) is 9.46. The van der Waals surface area contributed by atoms with Crippen molar-refractivity contribution >= 4 is 22.4 Å². The molecule has 3 N–H and O–H groups in total. The Morgan fingerprint density at radius 2 is 1.83 bits per heavy atom. The number of nitrogens with zero attached hydrogens (tertiary/aromatic N) is 5. The van der Waals surface area contributed by atoms with E-state index in [1.54, 1.807) is 6.92 Å². The predicted octanol–water partition coefficient (Wildman–Crippen LogP) is 6.09. The monoisotopic (exact) mass is 663 g/mol. The molecule has 0 aliphatic carbocycles. The summed E-state index contributed by atoms with van der Waals surface area (Å²) in [6.07, 6.45) is -2.72. The minimum Gasteiger partial charge on any atom is -0.462 e. The number of likely N-dealkylation sites (tertiary alicyclic amines) is 1. The molecule has 0 amide bonds. The van der Waals surface area contributed by atoms with Crippen LogP contribution in [0.25, 0.3) is 22.0 Å². The summed E-state index contributed by atoms with van der Waals surface area (Å²) >= 11 is 0. The van der Waals surface area contributed by atoms with E-state index in [0.29, 0.717) is 51.0 Å². The van der Waals surface area contributed by atoms with Crippen molar-refractivity contribution in [2.24, 2.45) is 5.41 Å². The molecule has 3 atom stereocenters. The molecular formula is C32H32F7N7O. The number of hydrogen-bond donors (Lipinski definition) is 2. The van der Waals surface area contributed by atoms with Crippen molar-refractivity contribution in [3.63, 3.8) is 0 Å². The van der Waals surface area contributed by atoms with Crippen molar-refractivity contribution in [1.29, 1.82) is 5.26 Å². The Balaban J connectivity index is 1.54. The second kappa shape index (κ2) is 12.1. The average Bonchev–Trinajstić information content (AvgIpc) is 3.36. The van der Waals surface area contributed by atoms with E-state index in [9.17, 15) is 27.2 Å². The molecule has 2 aromatic carbocycles. The molecule has 3 saturated heterocycles. The number of rotatable bonds is 6. The number of aromatic nitrogens is 2. The predicted molar refractivity (Wildman–Crippen MR) is 161 cm³/mol. The Morgan fingerprint density at radius 3 is 2.45 bits per heavy atom. The van der Waals surface area contributed by atoms with E-state index in [1.807, 2.05) is 11.8 Å². The van der Waals surface area contributed by atoms with Crippen molar-refractivity contribution in [2.75, 3.05) is 50.0 Å². The van der Waals surface area contributed by atoms with Crippen LogP contribution in [-0.2, 0) is 6.18 Å². The number of alkyl halides is 3. The Kier molecular flexibility index (Phi) is 8.46. The SMILES string of the molecule is CCN1CC/C(=C\F)[C@](C)(COc2nc(N3C[C@H]4CC[C@@H](C3)N4)c3cc(F)c(-c4c(C#N)c(N)cc(F)c4C(F)(F)F)c(F)c3n2)C1. The fraction of sp³-hybridized carbons (Fsp3) is 0.469. The van der Waals surface area contributed by atoms with Gasteiger partial charge in [-0.2, -0.15) is 28.4 Å². The fourth-order valence-corrected chi connectivity index (χ4v) is 7.05. The summed E-state index contributed by atoms with van der Waals surface area (Å²) in [6, 6.07) is 2.28. The van der Waals surface area contributed by atoms with Gasteiger partial charge >= 0.3 is 12.2 Å². The molecule has 8 nitrogen and oxygen atoms in total. The van der Waals surface area contributed by atoms with Crippen LogP contribution in [0.1, 0.15) is 44.2 Å². The lowest BCUT2D eigenvalue weighted by molar-refractivity contribution is -0.139. The minimum atomic E-state index is -5.44. The average molecular weight is 664 g/mol. The van der Waals surface area contributed by atoms with Crippen molar-refractivity contribution in [2.45, 2.75) is 51.4 Å². The van der Waals surface area contributed by atoms with Gasteiger partial charge in [0.25, 0.3) is 0 Å². The summed E-state index contributed by atoms with van der Waals surface area (Å²) in [5.41, 5.74) is -1.64. The van der Waals surface area contributed by atoms with Gasteiger partial charge in [0.2, 0.25) is 0 Å². The van der Waals surface area contributed by atoms with Gasteiger partial charge in [-0.15, -0.1) is 0 Å². The summed E-state index contributed by atoms with van der Waals surface area (Å²) < 4.78 is 110. The van der Waals surface area contributed by atoms with Crippen LogP contribution < -0.4 is 20.7 Å². The topological polar surface area (TPSA) is 103 Å². The van der Waals surface area contributed by atoms with Gasteiger partial charge in [0, 0.05) is 54.6 Å². The molecule has 3 aliphatic heterocycles. The first kappa shape index (κ1) is 32.8. The van der Waals surface area contributed by atoms with E-state index in [4.69, 9.17) is 10.5 Å². The maximum absolute atomic E-state index is 16.6. The summed E-state index contributed by atoms with van der Waals surface area (Å²) in [5.74, 6) is -4.88. The number of anilines is 2. The zero-order valence-electron chi connectivity index (χ0n) is 25.6. The first-order valence-corrected chi connectivity index (χ1v) is 15.2. The first-order valence-electron chi connectivity index (χ1n) is 15.2. The van der Waals surface area contributed by atoms with E-state index in [-0.39, 0.29) is 42.0 Å². The van der Waals surface area contributed by atoms with E-state index in [0.717, 1.165) is 18.9 Å². The first-order chi connectivity index (χ1) is 22.3. The molecule has 0 radical (unpaired) electrons. The van der Waals surface area contributed by atoms with Crippen molar-refractivity contribution in [1.82, 2.24) is 20.2 Å². The smallest absolute Gasteiger partial charge is 0.419 e. The van der Waals surface area contributed by atoms with E-state index in [2.05, 4.69) is 20.2 Å². The number of hydrogen-bond acceptors (Lipinski definition) is 8. The quantitative estimate of drug-likeness (QED) is 0.241. The number of nitrogens with two attached hydrogens (primary N) is 1. The number of benzene rings is 2. The molecule has 15 heteroatoms. The number of halogens is 7. The normalized spacial score (nSPS) is 24.3. The molecule has 4 heterocycles. The van der Waals surface area contributed by atoms with Gasteiger partial charge in [0.15, 0.2) is 5.82 Å². The van der Waals surface area contributed by atoms with E-state index < -0.39 is 62.5 Å². The molecule has 47 heavy (non-hydrogen) atoms. The minimum absolute atomic E-state index is 0.0679. The highest BCUT2D eigenvalue weighted by Crippen LogP contribution is 2.46. The molecule has 0 unspecified atom stereocenters. The van der Waals surface area contributed by atoms with Crippen LogP contribution >= 0.6 is 0 Å². The highest BCUT2D eigenvalue weighted by atomic mass is 19.4. The summed E-state index contributed by atoms with van der Waals surface area (Å²) in [6.45, 7) is 6.31. The van der Waals surface area contributed by atoms with Gasteiger partial charge in [-0.25, -0.2) is 17.6 Å². The maximum atomic E-state index is 16.6. The zero-order valence-corrected chi connectivity index (χ0v) is 25.6. The summed E-state index contributed by atoms with van der Waals surface area (Å²) in [7, 11) is 0. The molecule has 2 bridgehead atoms. The molecule has 0 spiro atoms. The molecule has 3 fully saturated rings. The number of piperidine rings is 1. The van der Waals surface area contributed by atoms with Crippen LogP contribution in [0.3, 0.4) is 0 Å². The van der Waals surface area contributed by atoms with Gasteiger partial charge in [-0.3, -0.25) is 0 Å². The second-order valence-corrected chi connectivity index (χ2v) is 12.6. The van der Waals surface area contributed by atoms with E-state index >= 15 is 8.78 Å². The Bertz CT molecular complexity index is 1800. The fourth-order valence-electron chi connectivity index (χ4n) is 7.05. The van der Waals surface area contributed by atoms with Gasteiger partial charge in [0.05, 0.1) is 23.1 Å². The molecule has 3 aromatic rings. The molecule has 250 valence electrons. The van der Waals surface area contributed by atoms with Crippen molar-refractivity contribution in [3.8, 4) is 23.2 Å². The van der Waals surface area contributed by atoms with Crippen LogP contribution in [0.4, 0.5) is 42.2 Å². The van der Waals surface area contributed by atoms with E-state index in [1.165, 1.54) is 6.07 Å². The van der Waals surface area contributed by atoms with Crippen LogP contribution in [0.15, 0.2) is 24.0 Å². The third kappa shape index (κ3) is 5.82. The highest BCUT2D eigenvalue weighted by Gasteiger charge is 2.42.